The number of aromatic hydroxyl groups is 1. The molecule has 0 aliphatic heterocycles. The normalized spacial score (nSPS) is 12.4. The molecule has 7 aromatic rings. The average molecular weight is 1090 g/mol. The van der Waals surface area contributed by atoms with Gasteiger partial charge in [-0.25, -0.2) is 23.4 Å². The van der Waals surface area contributed by atoms with Crippen molar-refractivity contribution in [3.63, 3.8) is 0 Å². The number of esters is 4. The van der Waals surface area contributed by atoms with E-state index in [2.05, 4.69) is 32.2 Å². The van der Waals surface area contributed by atoms with Gasteiger partial charge < -0.3 is 39.0 Å². The number of hydrogen-bond acceptors (Lipinski definition) is 12. The maximum atomic E-state index is 12.8. The van der Waals surface area contributed by atoms with Crippen molar-refractivity contribution in [1.29, 1.82) is 0 Å². The molecule has 0 amide bonds. The lowest BCUT2D eigenvalue weighted by molar-refractivity contribution is -0.139. The summed E-state index contributed by atoms with van der Waals surface area (Å²) in [5.41, 5.74) is 0.592. The standard InChI is InChI=1S/C17H18O3.C16H14F3NO3S.C14H12O3.C14H14O3/c1-4-16(18)20-11-12-9-10-15(17(2,3)19)14-8-6-5-7-13(12)14;1-3-15(21)23-10-11-8-9-14(13-7-5-4-6-12(11)13)20-24(2,22)16(17,18)19;1-2-14(16)17-9-10-5-3-7-12-11(10)6-4-8-13(12)15;1-2-14(16)17-9-10-3-4-12-8-13(15)6-5-11(12)7-10/h4-10,19H,1,11H2,2-3H3;3-9H,1-2,10H2,(H,20,22);2-8,15H,1,9H2;2-4,6-7,15H,1,5,8-9H2. The predicted molar refractivity (Wildman–Crippen MR) is 298 cm³/mol. The SMILES string of the molecule is C=CC(=O)OCc1ccc(C(C)(C)O)c2ccccc12.C=CC(=O)OCc1ccc(NS(=C)(=O)C(F)(F)F)c2ccccc12.C=CC(=O)OCc1ccc2c(c1)CC=C(O)C2.C=CC(=O)OCc1cccc2c(O)cccc12. The van der Waals surface area contributed by atoms with Gasteiger partial charge in [0.25, 0.3) is 0 Å². The molecule has 78 heavy (non-hydrogen) atoms. The van der Waals surface area contributed by atoms with E-state index in [-0.39, 0.29) is 37.9 Å². The van der Waals surface area contributed by atoms with Crippen LogP contribution in [0, 0.1) is 0 Å². The van der Waals surface area contributed by atoms with Crippen molar-refractivity contribution in [2.24, 2.45) is 0 Å². The Kier molecular flexibility index (Phi) is 20.9. The van der Waals surface area contributed by atoms with E-state index < -0.39 is 44.7 Å². The van der Waals surface area contributed by atoms with E-state index >= 15 is 0 Å². The highest BCUT2D eigenvalue weighted by Crippen LogP contribution is 2.33. The Morgan fingerprint density at radius 3 is 1.56 bits per heavy atom. The molecule has 1 aliphatic carbocycles. The first-order chi connectivity index (χ1) is 37.0. The molecule has 0 bridgehead atoms. The zero-order valence-corrected chi connectivity index (χ0v) is 43.7. The van der Waals surface area contributed by atoms with Gasteiger partial charge >= 0.3 is 29.4 Å². The number of aliphatic hydroxyl groups excluding tert-OH is 1. The number of alkyl halides is 3. The number of fused-ring (bicyclic) bond motifs is 4. The van der Waals surface area contributed by atoms with Crippen molar-refractivity contribution in [2.45, 2.75) is 64.2 Å². The maximum absolute atomic E-state index is 12.8. The molecule has 0 saturated carbocycles. The summed E-state index contributed by atoms with van der Waals surface area (Å²) < 4.78 is 72.0. The van der Waals surface area contributed by atoms with Crippen molar-refractivity contribution in [2.75, 3.05) is 4.72 Å². The fraction of sp³-hybridized carbons (Fsp3) is 0.164. The monoisotopic (exact) mass is 1090 g/mol. The number of carbonyl (C=O) groups is 4. The average Bonchev–Trinajstić information content (AvgIpc) is 3.43. The molecule has 4 N–H and O–H groups in total. The van der Waals surface area contributed by atoms with E-state index in [4.69, 9.17) is 18.9 Å². The molecule has 1 aliphatic rings. The number of phenolic OH excluding ortho intramolecular Hbond substituents is 1. The minimum atomic E-state index is -4.98. The number of nitrogens with one attached hydrogen (secondary N) is 1. The molecule has 17 heteroatoms. The highest BCUT2D eigenvalue weighted by atomic mass is 32.2. The maximum Gasteiger partial charge on any atom is 0.481 e. The number of anilines is 1. The fourth-order valence-electron chi connectivity index (χ4n) is 7.78. The number of phenols is 1. The van der Waals surface area contributed by atoms with Gasteiger partial charge in [-0.15, -0.1) is 0 Å². The number of rotatable bonds is 15. The number of allylic oxidation sites excluding steroid dienone is 2. The van der Waals surface area contributed by atoms with Crippen LogP contribution in [-0.2, 0) is 92.7 Å². The summed E-state index contributed by atoms with van der Waals surface area (Å²) >= 11 is 0. The summed E-state index contributed by atoms with van der Waals surface area (Å²) in [6.07, 6.45) is 7.56. The van der Waals surface area contributed by atoms with Gasteiger partial charge in [0, 0.05) is 41.5 Å². The number of hydrogen-bond donors (Lipinski definition) is 4. The summed E-state index contributed by atoms with van der Waals surface area (Å²) in [4.78, 5) is 44.3. The van der Waals surface area contributed by atoms with Crippen LogP contribution in [-0.4, -0.2) is 54.8 Å². The van der Waals surface area contributed by atoms with Crippen LogP contribution in [0.15, 0.2) is 190 Å². The van der Waals surface area contributed by atoms with Crippen molar-refractivity contribution < 1.29 is 70.8 Å². The number of halogens is 3. The highest BCUT2D eigenvalue weighted by molar-refractivity contribution is 8.02. The van der Waals surface area contributed by atoms with Crippen LogP contribution >= 0.6 is 0 Å². The molecular formula is C61H58F3NO12S. The van der Waals surface area contributed by atoms with E-state index in [1.165, 1.54) is 17.7 Å². The van der Waals surface area contributed by atoms with E-state index in [0.717, 1.165) is 80.1 Å². The first kappa shape index (κ1) is 59.9. The van der Waals surface area contributed by atoms with Crippen molar-refractivity contribution in [3.8, 4) is 5.75 Å². The molecule has 406 valence electrons. The fourth-order valence-corrected chi connectivity index (χ4v) is 8.43. The third-order valence-corrected chi connectivity index (χ3v) is 13.0. The van der Waals surface area contributed by atoms with Gasteiger partial charge in [-0.2, -0.15) is 13.2 Å². The van der Waals surface area contributed by atoms with Crippen LogP contribution in [0.2, 0.25) is 0 Å². The van der Waals surface area contributed by atoms with Crippen LogP contribution in [0.3, 0.4) is 0 Å². The number of ether oxygens (including phenoxy) is 4. The first-order valence-corrected chi connectivity index (χ1v) is 25.5. The van der Waals surface area contributed by atoms with Crippen LogP contribution in [0.4, 0.5) is 18.9 Å². The van der Waals surface area contributed by atoms with Gasteiger partial charge in [0.2, 0.25) is 0 Å². The topological polar surface area (TPSA) is 195 Å². The Balaban J connectivity index is 0.000000193. The van der Waals surface area contributed by atoms with Gasteiger partial charge in [0.1, 0.15) is 41.9 Å². The summed E-state index contributed by atoms with van der Waals surface area (Å²) in [7, 11) is -4.53. The van der Waals surface area contributed by atoms with Gasteiger partial charge in [-0.3, -0.25) is 0 Å². The van der Waals surface area contributed by atoms with Crippen molar-refractivity contribution >= 4 is 77.5 Å². The number of aliphatic hydroxyl groups is 2. The minimum Gasteiger partial charge on any atom is -0.512 e. The van der Waals surface area contributed by atoms with Gasteiger partial charge in [-0.05, 0) is 105 Å². The van der Waals surface area contributed by atoms with Crippen LogP contribution in [0.5, 0.6) is 5.75 Å². The second kappa shape index (κ2) is 27.2. The molecule has 1 atom stereocenters. The molecule has 0 saturated heterocycles. The Morgan fingerprint density at radius 1 is 0.577 bits per heavy atom. The summed E-state index contributed by atoms with van der Waals surface area (Å²) in [5, 5.41) is 33.9. The molecule has 0 spiro atoms. The number of carbonyl (C=O) groups excluding carboxylic acids is 4. The van der Waals surface area contributed by atoms with E-state index in [9.17, 15) is 51.9 Å². The zero-order valence-electron chi connectivity index (χ0n) is 42.8. The van der Waals surface area contributed by atoms with Crippen molar-refractivity contribution in [3.05, 3.63) is 229 Å². The summed E-state index contributed by atoms with van der Waals surface area (Å²) in [5.74, 6) is 1.46. The van der Waals surface area contributed by atoms with Crippen LogP contribution < -0.4 is 4.72 Å². The summed E-state index contributed by atoms with van der Waals surface area (Å²) in [6, 6.07) is 37.6. The molecule has 7 aromatic carbocycles. The lowest BCUT2D eigenvalue weighted by atomic mass is 9.90. The van der Waals surface area contributed by atoms with Gasteiger partial charge in [0.05, 0.1) is 17.0 Å². The van der Waals surface area contributed by atoms with Crippen molar-refractivity contribution in [1.82, 2.24) is 0 Å². The third-order valence-electron chi connectivity index (χ3n) is 11.7. The lowest BCUT2D eigenvalue weighted by Gasteiger charge is -2.21. The number of benzene rings is 7. The van der Waals surface area contributed by atoms with E-state index in [1.807, 2.05) is 89.7 Å². The van der Waals surface area contributed by atoms with Gasteiger partial charge in [0.15, 0.2) is 0 Å². The van der Waals surface area contributed by atoms with Crippen LogP contribution in [0.25, 0.3) is 32.3 Å². The largest absolute Gasteiger partial charge is 0.512 e. The first-order valence-electron chi connectivity index (χ1n) is 23.8. The second-order valence-electron chi connectivity index (χ2n) is 17.6. The zero-order chi connectivity index (χ0) is 57.2. The van der Waals surface area contributed by atoms with E-state index in [0.29, 0.717) is 28.5 Å². The molecule has 0 aromatic heterocycles. The molecule has 0 fully saturated rings. The molecule has 0 radical (unpaired) electrons. The molecule has 8 rings (SSSR count). The Bertz CT molecular complexity index is 3520. The minimum absolute atomic E-state index is 0.0294. The van der Waals surface area contributed by atoms with E-state index in [1.54, 1.807) is 50.2 Å². The Labute approximate surface area is 450 Å². The smallest absolute Gasteiger partial charge is 0.481 e. The van der Waals surface area contributed by atoms with Gasteiger partial charge in [-0.1, -0.05) is 142 Å². The lowest BCUT2D eigenvalue weighted by Crippen LogP contribution is -2.29. The highest BCUT2D eigenvalue weighted by Gasteiger charge is 2.40. The Hall–Kier alpha value is -8.93. The van der Waals surface area contributed by atoms with Crippen LogP contribution in [0.1, 0.15) is 52.8 Å². The third kappa shape index (κ3) is 16.5. The predicted octanol–water partition coefficient (Wildman–Crippen LogP) is 12.2. The molecule has 1 unspecified atom stereocenters. The molecular weight excluding hydrogens is 1030 g/mol. The quantitative estimate of drug-likeness (QED) is 0.0329. The molecule has 0 heterocycles. The second-order valence-corrected chi connectivity index (χ2v) is 19.7. The molecule has 13 nitrogen and oxygen atoms in total. The summed E-state index contributed by atoms with van der Waals surface area (Å²) in [6.45, 7) is 17.4. The Morgan fingerprint density at radius 2 is 1.03 bits per heavy atom.